The summed E-state index contributed by atoms with van der Waals surface area (Å²) in [6, 6.07) is 0. The highest BCUT2D eigenvalue weighted by molar-refractivity contribution is 5.44. The van der Waals surface area contributed by atoms with E-state index in [0.717, 1.165) is 0 Å². The third-order valence-electron chi connectivity index (χ3n) is 3.05. The van der Waals surface area contributed by atoms with E-state index >= 15 is 0 Å². The minimum Gasteiger partial charge on any atom is -0.394 e. The highest BCUT2D eigenvalue weighted by atomic mass is 16.5. The van der Waals surface area contributed by atoms with Crippen LogP contribution in [-0.4, -0.2) is 73.1 Å². The summed E-state index contributed by atoms with van der Waals surface area (Å²) in [6.45, 7) is 3.23. The lowest BCUT2D eigenvalue weighted by molar-refractivity contribution is -0.0425. The Balaban J connectivity index is 2.28. The molecule has 0 radical (unpaired) electrons. The van der Waals surface area contributed by atoms with Gasteiger partial charge in [0.05, 0.1) is 18.8 Å². The van der Waals surface area contributed by atoms with Crippen LogP contribution in [0.4, 0.5) is 17.8 Å². The standard InChI is InChI=1S/C12H22N6O2/c1-8-5-18(6-9(7-19)20-8)12-15-10(13-2)14-11(16-12)17(3)4/h8-9,19H,5-7H2,1-4H3,(H,13,14,15,16). The van der Waals surface area contributed by atoms with Crippen molar-refractivity contribution in [2.24, 2.45) is 0 Å². The second kappa shape index (κ2) is 6.19. The Bertz CT molecular complexity index is 456. The first kappa shape index (κ1) is 14.7. The van der Waals surface area contributed by atoms with E-state index in [2.05, 4.69) is 20.3 Å². The molecule has 0 aromatic carbocycles. The molecule has 1 aliphatic heterocycles. The smallest absolute Gasteiger partial charge is 0.232 e. The summed E-state index contributed by atoms with van der Waals surface area (Å²) < 4.78 is 5.63. The number of aliphatic hydroxyl groups is 1. The molecule has 1 aromatic rings. The van der Waals surface area contributed by atoms with Crippen molar-refractivity contribution in [3.8, 4) is 0 Å². The van der Waals surface area contributed by atoms with Crippen LogP contribution in [0.5, 0.6) is 0 Å². The highest BCUT2D eigenvalue weighted by Crippen LogP contribution is 2.19. The number of nitrogens with one attached hydrogen (secondary N) is 1. The van der Waals surface area contributed by atoms with Gasteiger partial charge in [-0.1, -0.05) is 0 Å². The van der Waals surface area contributed by atoms with Crippen LogP contribution in [0, 0.1) is 0 Å². The summed E-state index contributed by atoms with van der Waals surface area (Å²) in [6.07, 6.45) is -0.185. The van der Waals surface area contributed by atoms with Gasteiger partial charge in [-0.25, -0.2) is 0 Å². The molecule has 0 spiro atoms. The maximum absolute atomic E-state index is 9.29. The summed E-state index contributed by atoms with van der Waals surface area (Å²) in [4.78, 5) is 17.0. The molecule has 1 fully saturated rings. The van der Waals surface area contributed by atoms with E-state index in [9.17, 15) is 5.11 Å². The fourth-order valence-electron chi connectivity index (χ4n) is 2.12. The average molecular weight is 282 g/mol. The van der Waals surface area contributed by atoms with Crippen molar-refractivity contribution in [3.05, 3.63) is 0 Å². The van der Waals surface area contributed by atoms with Gasteiger partial charge in [-0.15, -0.1) is 0 Å². The predicted octanol–water partition coefficient (Wildman–Crippen LogP) is -0.435. The Morgan fingerprint density at radius 2 is 2.10 bits per heavy atom. The maximum atomic E-state index is 9.29. The lowest BCUT2D eigenvalue weighted by Crippen LogP contribution is -2.48. The van der Waals surface area contributed by atoms with Crippen molar-refractivity contribution in [3.63, 3.8) is 0 Å². The van der Waals surface area contributed by atoms with Gasteiger partial charge >= 0.3 is 0 Å². The molecule has 0 amide bonds. The number of hydrogen-bond donors (Lipinski definition) is 2. The quantitative estimate of drug-likeness (QED) is 0.769. The minimum absolute atomic E-state index is 0.00859. The Morgan fingerprint density at radius 1 is 1.35 bits per heavy atom. The molecule has 0 bridgehead atoms. The van der Waals surface area contributed by atoms with Gasteiger partial charge in [0.25, 0.3) is 0 Å². The summed E-state index contributed by atoms with van der Waals surface area (Å²) in [5.41, 5.74) is 0. The molecule has 2 heterocycles. The van der Waals surface area contributed by atoms with Gasteiger partial charge in [0.15, 0.2) is 0 Å². The van der Waals surface area contributed by atoms with Gasteiger partial charge in [-0.3, -0.25) is 0 Å². The number of ether oxygens (including phenoxy) is 1. The summed E-state index contributed by atoms with van der Waals surface area (Å²) in [5.74, 6) is 1.72. The molecule has 2 rings (SSSR count). The minimum atomic E-state index is -0.212. The number of aromatic nitrogens is 3. The lowest BCUT2D eigenvalue weighted by atomic mass is 10.2. The molecular weight excluding hydrogens is 260 g/mol. The van der Waals surface area contributed by atoms with E-state index in [1.54, 1.807) is 7.05 Å². The van der Waals surface area contributed by atoms with Gasteiger partial charge in [0.1, 0.15) is 0 Å². The summed E-state index contributed by atoms with van der Waals surface area (Å²) in [7, 11) is 5.55. The van der Waals surface area contributed by atoms with Crippen LogP contribution in [0.1, 0.15) is 6.92 Å². The molecule has 1 aliphatic rings. The normalized spacial score (nSPS) is 22.8. The van der Waals surface area contributed by atoms with Gasteiger partial charge in [0, 0.05) is 34.2 Å². The van der Waals surface area contributed by atoms with Crippen molar-refractivity contribution in [1.82, 2.24) is 15.0 Å². The predicted molar refractivity (Wildman–Crippen MR) is 77.3 cm³/mol. The van der Waals surface area contributed by atoms with Gasteiger partial charge < -0.3 is 25.0 Å². The molecule has 0 saturated carbocycles. The number of anilines is 3. The van der Waals surface area contributed by atoms with Crippen LogP contribution in [0.2, 0.25) is 0 Å². The Kier molecular flexibility index (Phi) is 4.56. The van der Waals surface area contributed by atoms with Crippen LogP contribution >= 0.6 is 0 Å². The Hall–Kier alpha value is -1.67. The molecule has 1 saturated heterocycles. The van der Waals surface area contributed by atoms with E-state index < -0.39 is 0 Å². The van der Waals surface area contributed by atoms with E-state index in [0.29, 0.717) is 30.9 Å². The summed E-state index contributed by atoms with van der Waals surface area (Å²) >= 11 is 0. The van der Waals surface area contributed by atoms with Gasteiger partial charge in [-0.2, -0.15) is 15.0 Å². The zero-order valence-electron chi connectivity index (χ0n) is 12.4. The van der Waals surface area contributed by atoms with Gasteiger partial charge in [0.2, 0.25) is 17.8 Å². The zero-order valence-corrected chi connectivity index (χ0v) is 12.4. The molecule has 8 heteroatoms. The number of nitrogens with zero attached hydrogens (tertiary/aromatic N) is 5. The fraction of sp³-hybridized carbons (Fsp3) is 0.750. The largest absolute Gasteiger partial charge is 0.394 e. The Morgan fingerprint density at radius 3 is 2.70 bits per heavy atom. The SMILES string of the molecule is CNc1nc(N(C)C)nc(N2CC(C)OC(CO)C2)n1. The first-order valence-corrected chi connectivity index (χ1v) is 6.66. The topological polar surface area (TPSA) is 86.6 Å². The molecule has 2 unspecified atom stereocenters. The van der Waals surface area contributed by atoms with Crippen LogP contribution in [0.3, 0.4) is 0 Å². The second-order valence-electron chi connectivity index (χ2n) is 5.06. The van der Waals surface area contributed by atoms with Crippen LogP contribution in [-0.2, 0) is 4.74 Å². The van der Waals surface area contributed by atoms with Crippen molar-refractivity contribution < 1.29 is 9.84 Å². The Labute approximate surface area is 118 Å². The molecule has 0 aliphatic carbocycles. The van der Waals surface area contributed by atoms with Crippen LogP contribution in [0.25, 0.3) is 0 Å². The number of aliphatic hydroxyl groups excluding tert-OH is 1. The van der Waals surface area contributed by atoms with Crippen LogP contribution in [0.15, 0.2) is 0 Å². The van der Waals surface area contributed by atoms with Gasteiger partial charge in [-0.05, 0) is 6.92 Å². The number of hydrogen-bond acceptors (Lipinski definition) is 8. The van der Waals surface area contributed by atoms with Crippen LogP contribution < -0.4 is 15.1 Å². The van der Waals surface area contributed by atoms with Crippen molar-refractivity contribution in [2.45, 2.75) is 19.1 Å². The molecular formula is C12H22N6O2. The van der Waals surface area contributed by atoms with E-state index in [-0.39, 0.29) is 18.8 Å². The van der Waals surface area contributed by atoms with E-state index in [1.807, 2.05) is 30.8 Å². The van der Waals surface area contributed by atoms with E-state index in [4.69, 9.17) is 4.74 Å². The van der Waals surface area contributed by atoms with Crippen molar-refractivity contribution in [2.75, 3.05) is 56.0 Å². The maximum Gasteiger partial charge on any atom is 0.232 e. The number of morpholine rings is 1. The molecule has 2 N–H and O–H groups in total. The van der Waals surface area contributed by atoms with Crippen molar-refractivity contribution in [1.29, 1.82) is 0 Å². The first-order chi connectivity index (χ1) is 9.53. The third kappa shape index (κ3) is 3.26. The fourth-order valence-corrected chi connectivity index (χ4v) is 2.12. The van der Waals surface area contributed by atoms with Crippen molar-refractivity contribution >= 4 is 17.8 Å². The zero-order chi connectivity index (χ0) is 14.7. The monoisotopic (exact) mass is 282 g/mol. The van der Waals surface area contributed by atoms with E-state index in [1.165, 1.54) is 0 Å². The average Bonchev–Trinajstić information content (AvgIpc) is 2.45. The molecule has 8 nitrogen and oxygen atoms in total. The highest BCUT2D eigenvalue weighted by Gasteiger charge is 2.27. The second-order valence-corrected chi connectivity index (χ2v) is 5.06. The molecule has 20 heavy (non-hydrogen) atoms. The third-order valence-corrected chi connectivity index (χ3v) is 3.05. The lowest BCUT2D eigenvalue weighted by Gasteiger charge is -2.36. The number of rotatable bonds is 4. The summed E-state index contributed by atoms with van der Waals surface area (Å²) in [5, 5.41) is 12.2. The molecule has 1 aromatic heterocycles. The first-order valence-electron chi connectivity index (χ1n) is 6.66. The molecule has 2 atom stereocenters. The molecule has 112 valence electrons.